The van der Waals surface area contributed by atoms with Crippen molar-refractivity contribution in [2.45, 2.75) is 116 Å². The molecule has 4 nitrogen and oxygen atoms in total. The van der Waals surface area contributed by atoms with E-state index in [4.69, 9.17) is 0 Å². The van der Waals surface area contributed by atoms with E-state index >= 15 is 0 Å². The molecule has 5 fully saturated rings. The highest BCUT2D eigenvalue weighted by atomic mass is 16.3. The van der Waals surface area contributed by atoms with Gasteiger partial charge in [-0.15, -0.1) is 0 Å². The Hall–Kier alpha value is -1.39. The molecule has 6 rings (SSSR count). The van der Waals surface area contributed by atoms with Crippen LogP contribution >= 0.6 is 0 Å². The maximum Gasteiger partial charge on any atom is 0.222 e. The minimum atomic E-state index is -0.210. The number of carbonyl (C=O) groups is 1. The van der Waals surface area contributed by atoms with E-state index in [2.05, 4.69) is 56.0 Å². The predicted molar refractivity (Wildman–Crippen MR) is 160 cm³/mol. The van der Waals surface area contributed by atoms with Crippen LogP contribution in [0.2, 0.25) is 0 Å². The largest absolute Gasteiger partial charge is 0.393 e. The molecule has 5 aliphatic rings. The molecule has 10 atom stereocenters. The second-order valence-electron chi connectivity index (χ2n) is 15.5. The van der Waals surface area contributed by atoms with Crippen LogP contribution in [0.4, 0.5) is 0 Å². The van der Waals surface area contributed by atoms with E-state index in [1.807, 2.05) is 0 Å². The van der Waals surface area contributed by atoms with Gasteiger partial charge in [-0.3, -0.25) is 4.79 Å². The molecule has 1 saturated heterocycles. The molecule has 1 aliphatic heterocycles. The standard InChI is InChI=1S/C36H55NO3/c1-24(9-12-33(40)37-19-15-26(16-20-37)21-25-7-5-4-6-8-25)29-10-11-30-34-31(14-18-36(29,30)3)35(2)17-13-28(38)22-27(35)23-32(34)39/h4-8,24,26-32,34,38-39H,9-23H2,1-3H3/t24-,27+,28-,29-,30+,31+,32+,34+,35+,36-/m0/s1. The number of benzene rings is 1. The van der Waals surface area contributed by atoms with Crippen molar-refractivity contribution in [3.63, 3.8) is 0 Å². The molecule has 1 amide bonds. The fourth-order valence-electron chi connectivity index (χ4n) is 11.2. The van der Waals surface area contributed by atoms with Gasteiger partial charge in [-0.2, -0.15) is 0 Å². The van der Waals surface area contributed by atoms with Crippen LogP contribution < -0.4 is 0 Å². The lowest BCUT2D eigenvalue weighted by Gasteiger charge is -2.62. The summed E-state index contributed by atoms with van der Waals surface area (Å²) in [6, 6.07) is 10.8. The highest BCUT2D eigenvalue weighted by Gasteiger charge is 2.62. The predicted octanol–water partition coefficient (Wildman–Crippen LogP) is 6.87. The molecule has 0 aromatic heterocycles. The first kappa shape index (κ1) is 28.7. The van der Waals surface area contributed by atoms with E-state index in [0.29, 0.717) is 53.8 Å². The number of piperidine rings is 1. The number of nitrogens with zero attached hydrogens (tertiary/aromatic N) is 1. The van der Waals surface area contributed by atoms with Crippen molar-refractivity contribution >= 4 is 5.91 Å². The summed E-state index contributed by atoms with van der Waals surface area (Å²) >= 11 is 0. The molecule has 1 aromatic rings. The Morgan fingerprint density at radius 2 is 1.62 bits per heavy atom. The minimum absolute atomic E-state index is 0.171. The van der Waals surface area contributed by atoms with Crippen LogP contribution in [0.3, 0.4) is 0 Å². The van der Waals surface area contributed by atoms with Crippen LogP contribution in [-0.4, -0.2) is 46.3 Å². The monoisotopic (exact) mass is 549 g/mol. The van der Waals surface area contributed by atoms with Gasteiger partial charge in [-0.1, -0.05) is 51.1 Å². The lowest BCUT2D eigenvalue weighted by molar-refractivity contribution is -0.174. The van der Waals surface area contributed by atoms with Crippen molar-refractivity contribution in [1.82, 2.24) is 4.90 Å². The van der Waals surface area contributed by atoms with Crippen LogP contribution in [0.15, 0.2) is 30.3 Å². The van der Waals surface area contributed by atoms with Crippen molar-refractivity contribution in [3.8, 4) is 0 Å². The molecule has 1 heterocycles. The van der Waals surface area contributed by atoms with E-state index in [1.54, 1.807) is 0 Å². The van der Waals surface area contributed by atoms with E-state index in [9.17, 15) is 15.0 Å². The SMILES string of the molecule is C[C@@H](CCC(=O)N1CCC(Cc2ccccc2)CC1)[C@@H]1CC[C@@H]2[C@H]3[C@H](O)C[C@H]4C[C@@H](O)CC[C@@]4(C)[C@@H]3CC[C@]21C. The van der Waals surface area contributed by atoms with Gasteiger partial charge in [0.15, 0.2) is 0 Å². The van der Waals surface area contributed by atoms with E-state index in [-0.39, 0.29) is 23.0 Å². The molecule has 40 heavy (non-hydrogen) atoms. The Balaban J connectivity index is 1.03. The van der Waals surface area contributed by atoms with Crippen molar-refractivity contribution in [1.29, 1.82) is 0 Å². The molecular formula is C36H55NO3. The summed E-state index contributed by atoms with van der Waals surface area (Å²) in [6.45, 7) is 9.31. The molecule has 0 radical (unpaired) electrons. The van der Waals surface area contributed by atoms with Gasteiger partial charge in [0.1, 0.15) is 0 Å². The summed E-state index contributed by atoms with van der Waals surface area (Å²) < 4.78 is 0. The molecule has 2 N–H and O–H groups in total. The zero-order chi connectivity index (χ0) is 28.1. The van der Waals surface area contributed by atoms with E-state index < -0.39 is 0 Å². The first-order chi connectivity index (χ1) is 19.2. The van der Waals surface area contributed by atoms with Crippen molar-refractivity contribution < 1.29 is 15.0 Å². The summed E-state index contributed by atoms with van der Waals surface area (Å²) in [6.07, 6.45) is 13.6. The zero-order valence-corrected chi connectivity index (χ0v) is 25.4. The van der Waals surface area contributed by atoms with Gasteiger partial charge >= 0.3 is 0 Å². The van der Waals surface area contributed by atoms with Gasteiger partial charge in [0.25, 0.3) is 0 Å². The number of fused-ring (bicyclic) bond motifs is 5. The Kier molecular flexibility index (Phi) is 8.16. The summed E-state index contributed by atoms with van der Waals surface area (Å²) in [5, 5.41) is 21.9. The van der Waals surface area contributed by atoms with Crippen molar-refractivity contribution in [2.75, 3.05) is 13.1 Å². The highest BCUT2D eigenvalue weighted by Crippen LogP contribution is 2.68. The Morgan fingerprint density at radius 3 is 2.38 bits per heavy atom. The van der Waals surface area contributed by atoms with Gasteiger partial charge in [0, 0.05) is 19.5 Å². The van der Waals surface area contributed by atoms with Crippen molar-refractivity contribution in [2.24, 2.45) is 52.3 Å². The lowest BCUT2D eigenvalue weighted by Crippen LogP contribution is -2.58. The number of aliphatic hydroxyl groups excluding tert-OH is 2. The maximum atomic E-state index is 13.2. The quantitative estimate of drug-likeness (QED) is 0.407. The average molecular weight is 550 g/mol. The number of hydrogen-bond donors (Lipinski definition) is 2. The van der Waals surface area contributed by atoms with Crippen LogP contribution in [0.5, 0.6) is 0 Å². The Labute approximate surface area is 243 Å². The number of rotatable bonds is 6. The molecule has 0 unspecified atom stereocenters. The average Bonchev–Trinajstić information content (AvgIpc) is 3.31. The van der Waals surface area contributed by atoms with E-state index in [1.165, 1.54) is 31.2 Å². The molecule has 0 bridgehead atoms. The topological polar surface area (TPSA) is 60.8 Å². The number of amides is 1. The van der Waals surface area contributed by atoms with Crippen LogP contribution in [0.1, 0.15) is 103 Å². The first-order valence-electron chi connectivity index (χ1n) is 16.9. The number of aliphatic hydroxyl groups is 2. The van der Waals surface area contributed by atoms with Gasteiger partial charge < -0.3 is 15.1 Å². The summed E-state index contributed by atoms with van der Waals surface area (Å²) in [4.78, 5) is 15.4. The number of carbonyl (C=O) groups excluding carboxylic acids is 1. The highest BCUT2D eigenvalue weighted by molar-refractivity contribution is 5.76. The normalized spacial score (nSPS) is 42.5. The van der Waals surface area contributed by atoms with Crippen molar-refractivity contribution in [3.05, 3.63) is 35.9 Å². The molecule has 222 valence electrons. The fraction of sp³-hybridized carbons (Fsp3) is 0.806. The lowest BCUT2D eigenvalue weighted by atomic mass is 9.43. The third-order valence-electron chi connectivity index (χ3n) is 13.6. The fourth-order valence-corrected chi connectivity index (χ4v) is 11.2. The summed E-state index contributed by atoms with van der Waals surface area (Å²) in [7, 11) is 0. The Bertz CT molecular complexity index is 1020. The third kappa shape index (κ3) is 5.19. The molecule has 4 saturated carbocycles. The summed E-state index contributed by atoms with van der Waals surface area (Å²) in [5.41, 5.74) is 2.00. The molecular weight excluding hydrogens is 494 g/mol. The van der Waals surface area contributed by atoms with Crippen LogP contribution in [-0.2, 0) is 11.2 Å². The van der Waals surface area contributed by atoms with Gasteiger partial charge in [-0.25, -0.2) is 0 Å². The zero-order valence-electron chi connectivity index (χ0n) is 25.4. The third-order valence-corrected chi connectivity index (χ3v) is 13.6. The maximum absolute atomic E-state index is 13.2. The molecule has 1 aromatic carbocycles. The van der Waals surface area contributed by atoms with Gasteiger partial charge in [0.2, 0.25) is 5.91 Å². The van der Waals surface area contributed by atoms with Crippen LogP contribution in [0, 0.1) is 52.3 Å². The number of hydrogen-bond acceptors (Lipinski definition) is 3. The van der Waals surface area contributed by atoms with Gasteiger partial charge in [-0.05, 0) is 135 Å². The van der Waals surface area contributed by atoms with E-state index in [0.717, 1.165) is 64.5 Å². The Morgan fingerprint density at radius 1 is 0.925 bits per heavy atom. The summed E-state index contributed by atoms with van der Waals surface area (Å²) in [5.74, 6) is 4.39. The minimum Gasteiger partial charge on any atom is -0.393 e. The molecule has 4 aliphatic carbocycles. The number of likely N-dealkylation sites (tertiary alicyclic amines) is 1. The smallest absolute Gasteiger partial charge is 0.222 e. The first-order valence-corrected chi connectivity index (χ1v) is 16.9. The van der Waals surface area contributed by atoms with Crippen LogP contribution in [0.25, 0.3) is 0 Å². The molecule has 4 heteroatoms. The molecule has 0 spiro atoms. The van der Waals surface area contributed by atoms with Gasteiger partial charge in [0.05, 0.1) is 12.2 Å². The second-order valence-corrected chi connectivity index (χ2v) is 15.5. The second kappa shape index (κ2) is 11.4.